The van der Waals surface area contributed by atoms with Gasteiger partial charge in [-0.1, -0.05) is 211 Å². The number of carbonyl (C=O) groups is 2. The fraction of sp³-hybridized carbons (Fsp3) is 0.222. The third kappa shape index (κ3) is 75.6. The number of hydrogen-bond acceptors (Lipinski definition) is 2. The van der Waals surface area contributed by atoms with E-state index in [2.05, 4.69) is 156 Å². The Hall–Kier alpha value is -3.74. The Kier molecular flexibility index (Phi) is 82.7. The maximum absolute atomic E-state index is 9.00. The Morgan fingerprint density at radius 1 is 0.609 bits per heavy atom. The molecule has 0 saturated carbocycles. The van der Waals surface area contributed by atoms with Crippen LogP contribution in [-0.2, 0) is 50.4 Å². The summed E-state index contributed by atoms with van der Waals surface area (Å²) in [6, 6.07) is 35.7. The second-order valence-corrected chi connectivity index (χ2v) is 15.9. The standard InChI is InChI=1S/C13H12.C10H6.C10H12.C8H8.C4H8.C3H6.2C2H4O2.2CH2Br2.2Pd/c1-3-5-7-13-10-8-12(6-4-2)9-11-13;1-3-9-5-7-10(4-2)8-6-9;1-2-3-7-10-8-5-4-6-9-10;1-2-8-6-4-3-5-7-8;1-3-4-2;1-3-2;2*1-2(3)4;2*2-1-3;;/h8-11H,3H2,1-2H3;1-2,5-8H;3-9H,2H2,1H3;2-7H,1H2;3-4H,1-2H3;3H,1H2,2H3;2*1H3,(H,3,4);2*1H2;;/b;;7-3+;;4-3+;;;;;;;. The van der Waals surface area contributed by atoms with Crippen molar-refractivity contribution in [1.29, 1.82) is 0 Å². The first-order valence-electron chi connectivity index (χ1n) is 18.9. The van der Waals surface area contributed by atoms with Crippen LogP contribution in [0.4, 0.5) is 0 Å². The molecule has 0 aromatic heterocycles. The Morgan fingerprint density at radius 3 is 1.14 bits per heavy atom. The number of terminal acetylenes is 2. The van der Waals surface area contributed by atoms with E-state index in [1.807, 2.05) is 138 Å². The van der Waals surface area contributed by atoms with Gasteiger partial charge in [0.25, 0.3) is 11.9 Å². The van der Waals surface area contributed by atoms with E-state index in [4.69, 9.17) is 32.6 Å². The first-order valence-corrected chi connectivity index (χ1v) is 23.4. The van der Waals surface area contributed by atoms with E-state index in [9.17, 15) is 0 Å². The number of carboxylic acids is 2. The first-order chi connectivity index (χ1) is 29.7. The number of benzene rings is 4. The molecule has 0 atom stereocenters. The second kappa shape index (κ2) is 68.3. The largest absolute Gasteiger partial charge is 0.481 e. The molecule has 4 nitrogen and oxygen atoms in total. The smallest absolute Gasteiger partial charge is 0.300 e. The summed E-state index contributed by atoms with van der Waals surface area (Å²) in [5, 5.41) is 14.8. The molecule has 4 aromatic carbocycles. The summed E-state index contributed by atoms with van der Waals surface area (Å²) in [4.78, 5) is 18.0. The summed E-state index contributed by atoms with van der Waals surface area (Å²) >= 11 is 12.2. The van der Waals surface area contributed by atoms with Crippen LogP contribution in [0.25, 0.3) is 12.2 Å². The summed E-state index contributed by atoms with van der Waals surface area (Å²) in [6.07, 6.45) is 24.2. The van der Waals surface area contributed by atoms with Crippen LogP contribution in [-0.4, -0.2) is 30.6 Å². The minimum absolute atomic E-state index is 0. The molecular formula is C54H64Br4O4Pd2. The molecule has 4 rings (SSSR count). The zero-order valence-electron chi connectivity index (χ0n) is 38.1. The maximum Gasteiger partial charge on any atom is 0.300 e. The van der Waals surface area contributed by atoms with Gasteiger partial charge in [-0.3, -0.25) is 9.59 Å². The van der Waals surface area contributed by atoms with E-state index in [1.165, 1.54) is 11.1 Å². The number of alkyl halides is 4. The first kappa shape index (κ1) is 77.5. The molecule has 0 aliphatic carbocycles. The summed E-state index contributed by atoms with van der Waals surface area (Å²) in [6.45, 7) is 21.1. The molecule has 0 fully saturated rings. The third-order valence-corrected chi connectivity index (χ3v) is 5.50. The fourth-order valence-corrected chi connectivity index (χ4v) is 3.04. The van der Waals surface area contributed by atoms with Gasteiger partial charge in [-0.15, -0.1) is 25.3 Å². The molecule has 10 heteroatoms. The molecule has 0 saturated heterocycles. The van der Waals surface area contributed by atoms with Gasteiger partial charge < -0.3 is 10.2 Å². The average molecular weight is 1310 g/mol. The molecule has 0 amide bonds. The average Bonchev–Trinajstić information content (AvgIpc) is 3.27. The van der Waals surface area contributed by atoms with Gasteiger partial charge in [0.05, 0.1) is 8.48 Å². The molecule has 0 heterocycles. The van der Waals surface area contributed by atoms with Crippen molar-refractivity contribution in [2.45, 2.75) is 68.2 Å². The monoisotopic (exact) mass is 1300 g/mol. The molecule has 0 radical (unpaired) electrons. The minimum Gasteiger partial charge on any atom is -0.481 e. The van der Waals surface area contributed by atoms with E-state index >= 15 is 0 Å². The second-order valence-electron chi connectivity index (χ2n) is 10.6. The zero-order valence-corrected chi connectivity index (χ0v) is 47.6. The van der Waals surface area contributed by atoms with E-state index < -0.39 is 11.9 Å². The van der Waals surface area contributed by atoms with E-state index in [0.717, 1.165) is 57.4 Å². The number of aliphatic carboxylic acids is 2. The van der Waals surface area contributed by atoms with E-state index in [-0.39, 0.29) is 40.8 Å². The van der Waals surface area contributed by atoms with Gasteiger partial charge in [0, 0.05) is 83.4 Å². The normalized spacial score (nSPS) is 7.66. The van der Waals surface area contributed by atoms with Gasteiger partial charge >= 0.3 is 0 Å². The van der Waals surface area contributed by atoms with Crippen molar-refractivity contribution in [2.75, 3.05) is 8.48 Å². The molecule has 4 aromatic rings. The van der Waals surface area contributed by atoms with Crippen LogP contribution in [0.2, 0.25) is 0 Å². The van der Waals surface area contributed by atoms with Crippen LogP contribution in [0.3, 0.4) is 0 Å². The van der Waals surface area contributed by atoms with Crippen molar-refractivity contribution in [3.63, 3.8) is 0 Å². The van der Waals surface area contributed by atoms with Crippen molar-refractivity contribution < 1.29 is 60.6 Å². The van der Waals surface area contributed by atoms with Crippen LogP contribution in [0.5, 0.6) is 0 Å². The van der Waals surface area contributed by atoms with Gasteiger partial charge in [0.15, 0.2) is 0 Å². The Morgan fingerprint density at radius 2 is 0.906 bits per heavy atom. The van der Waals surface area contributed by atoms with Crippen LogP contribution in [0, 0.1) is 48.4 Å². The van der Waals surface area contributed by atoms with Crippen molar-refractivity contribution in [3.05, 3.63) is 180 Å². The summed E-state index contributed by atoms with van der Waals surface area (Å²) in [5.41, 5.74) is 6.28. The van der Waals surface area contributed by atoms with Gasteiger partial charge in [-0.05, 0) is 93.8 Å². The Labute approximate surface area is 449 Å². The fourth-order valence-electron chi connectivity index (χ4n) is 3.04. The predicted molar refractivity (Wildman–Crippen MR) is 289 cm³/mol. The molecule has 0 aliphatic rings. The number of allylic oxidation sites excluding steroid dienone is 4. The van der Waals surface area contributed by atoms with Gasteiger partial charge in [0.1, 0.15) is 0 Å². The number of carboxylic acid groups (broad SMARTS) is 2. The summed E-state index contributed by atoms with van der Waals surface area (Å²) in [7, 11) is 0. The Bertz CT molecular complexity index is 1850. The maximum atomic E-state index is 9.00. The van der Waals surface area contributed by atoms with Crippen LogP contribution in [0.1, 0.15) is 102 Å². The van der Waals surface area contributed by atoms with E-state index in [0.29, 0.717) is 0 Å². The minimum atomic E-state index is -0.833. The molecule has 2 N–H and O–H groups in total. The molecule has 352 valence electrons. The molecular weight excluding hydrogens is 1250 g/mol. The van der Waals surface area contributed by atoms with Gasteiger partial charge in [0.2, 0.25) is 0 Å². The van der Waals surface area contributed by atoms with Crippen molar-refractivity contribution in [3.8, 4) is 48.4 Å². The topological polar surface area (TPSA) is 74.6 Å². The summed E-state index contributed by atoms with van der Waals surface area (Å²) < 4.78 is 1.75. The molecule has 0 aliphatic heterocycles. The quantitative estimate of drug-likeness (QED) is 0.0928. The zero-order chi connectivity index (χ0) is 48.7. The number of hydrogen-bond donors (Lipinski definition) is 2. The molecule has 0 spiro atoms. The van der Waals surface area contributed by atoms with Crippen LogP contribution in [0.15, 0.2) is 147 Å². The Balaban J connectivity index is -0.0000000949. The van der Waals surface area contributed by atoms with Crippen LogP contribution >= 0.6 is 63.7 Å². The van der Waals surface area contributed by atoms with Crippen molar-refractivity contribution >= 4 is 87.8 Å². The van der Waals surface area contributed by atoms with Crippen molar-refractivity contribution in [1.82, 2.24) is 0 Å². The molecule has 0 unspecified atom stereocenters. The van der Waals surface area contributed by atoms with E-state index in [1.54, 1.807) is 6.08 Å². The molecule has 0 bridgehead atoms. The molecule has 64 heavy (non-hydrogen) atoms. The predicted octanol–water partition coefficient (Wildman–Crippen LogP) is 16.3. The van der Waals surface area contributed by atoms with Gasteiger partial charge in [-0.25, -0.2) is 0 Å². The number of halogens is 4. The summed E-state index contributed by atoms with van der Waals surface area (Å²) in [5.74, 6) is 15.3. The third-order valence-electron chi connectivity index (χ3n) is 5.50. The number of rotatable bonds is 3. The SMILES string of the molecule is BrCBr.BrCBr.C#Cc1ccc(C#C)cc1.C/C=C/C.C=CC.C=Cc1ccccc1.CC#Cc1ccc(C#CCC)cc1.CC(=O)O.CC(=O)O.CC/C=C/c1ccccc1.[Pd].[Pd]. The van der Waals surface area contributed by atoms with Crippen molar-refractivity contribution in [2.24, 2.45) is 0 Å². The van der Waals surface area contributed by atoms with Crippen LogP contribution < -0.4 is 0 Å². The van der Waals surface area contributed by atoms with Gasteiger partial charge in [-0.2, -0.15) is 0 Å².